The van der Waals surface area contributed by atoms with E-state index in [0.717, 1.165) is 26.7 Å². The van der Waals surface area contributed by atoms with Gasteiger partial charge in [-0.3, -0.25) is 4.79 Å². The van der Waals surface area contributed by atoms with Crippen LogP contribution in [0.4, 0.5) is 5.82 Å². The summed E-state index contributed by atoms with van der Waals surface area (Å²) in [7, 11) is 0. The van der Waals surface area contributed by atoms with Gasteiger partial charge in [0.15, 0.2) is 0 Å². The number of carbonyl (C=O) groups excluding carboxylic acids is 1. The quantitative estimate of drug-likeness (QED) is 0.867. The fourth-order valence-corrected chi connectivity index (χ4v) is 3.57. The maximum atomic E-state index is 11.7. The molecule has 2 aromatic heterocycles. The number of carbonyl (C=O) groups is 1. The SMILES string of the molecule is CC(=O)N1CCc2nc(N)c(C#N)c(-c3cnc(C)s3)c2C1. The molecule has 7 heteroatoms. The number of anilines is 1. The lowest BCUT2D eigenvalue weighted by molar-refractivity contribution is -0.129. The second-order valence-corrected chi connectivity index (χ2v) is 6.45. The maximum absolute atomic E-state index is 11.7. The Labute approximate surface area is 132 Å². The number of amides is 1. The first-order chi connectivity index (χ1) is 10.5. The van der Waals surface area contributed by atoms with Gasteiger partial charge in [-0.25, -0.2) is 9.97 Å². The van der Waals surface area contributed by atoms with Gasteiger partial charge in [0.25, 0.3) is 0 Å². The lowest BCUT2D eigenvalue weighted by Gasteiger charge is -2.29. The molecule has 0 atom stereocenters. The summed E-state index contributed by atoms with van der Waals surface area (Å²) in [5, 5.41) is 10.4. The van der Waals surface area contributed by atoms with Gasteiger partial charge in [-0.15, -0.1) is 11.3 Å². The van der Waals surface area contributed by atoms with E-state index < -0.39 is 0 Å². The first-order valence-corrected chi connectivity index (χ1v) is 7.72. The van der Waals surface area contributed by atoms with Gasteiger partial charge in [0.2, 0.25) is 5.91 Å². The minimum Gasteiger partial charge on any atom is -0.383 e. The summed E-state index contributed by atoms with van der Waals surface area (Å²) < 4.78 is 0. The van der Waals surface area contributed by atoms with Gasteiger partial charge in [0.1, 0.15) is 17.5 Å². The minimum atomic E-state index is 0.0208. The molecule has 2 N–H and O–H groups in total. The highest BCUT2D eigenvalue weighted by Crippen LogP contribution is 2.37. The van der Waals surface area contributed by atoms with E-state index in [9.17, 15) is 10.1 Å². The normalized spacial score (nSPS) is 13.6. The number of rotatable bonds is 1. The number of hydrogen-bond acceptors (Lipinski definition) is 6. The first-order valence-electron chi connectivity index (χ1n) is 6.91. The Bertz CT molecular complexity index is 805. The summed E-state index contributed by atoms with van der Waals surface area (Å²) in [5.74, 6) is 0.269. The molecular formula is C15H15N5OS. The zero-order valence-corrected chi connectivity index (χ0v) is 13.2. The highest BCUT2D eigenvalue weighted by atomic mass is 32.1. The van der Waals surface area contributed by atoms with E-state index in [2.05, 4.69) is 16.0 Å². The van der Waals surface area contributed by atoms with E-state index in [1.165, 1.54) is 11.3 Å². The molecule has 6 nitrogen and oxygen atoms in total. The molecule has 0 aliphatic carbocycles. The van der Waals surface area contributed by atoms with Crippen molar-refractivity contribution in [2.75, 3.05) is 12.3 Å². The number of thiazole rings is 1. The van der Waals surface area contributed by atoms with Crippen molar-refractivity contribution >= 4 is 23.1 Å². The van der Waals surface area contributed by atoms with E-state index in [-0.39, 0.29) is 11.7 Å². The predicted molar refractivity (Wildman–Crippen MR) is 84.0 cm³/mol. The minimum absolute atomic E-state index is 0.0208. The van der Waals surface area contributed by atoms with Crippen LogP contribution < -0.4 is 5.73 Å². The Hall–Kier alpha value is -2.46. The average molecular weight is 313 g/mol. The van der Waals surface area contributed by atoms with E-state index >= 15 is 0 Å². The average Bonchev–Trinajstić information content (AvgIpc) is 2.91. The molecule has 0 aromatic carbocycles. The molecule has 0 spiro atoms. The van der Waals surface area contributed by atoms with Crippen LogP contribution in [0, 0.1) is 18.3 Å². The van der Waals surface area contributed by atoms with E-state index in [4.69, 9.17) is 5.73 Å². The number of nitriles is 1. The van der Waals surface area contributed by atoms with Crippen molar-refractivity contribution in [3.8, 4) is 16.5 Å². The van der Waals surface area contributed by atoms with Crippen molar-refractivity contribution in [3.63, 3.8) is 0 Å². The van der Waals surface area contributed by atoms with Crippen molar-refractivity contribution < 1.29 is 4.79 Å². The van der Waals surface area contributed by atoms with Crippen LogP contribution in [0.3, 0.4) is 0 Å². The Morgan fingerprint density at radius 3 is 2.91 bits per heavy atom. The number of pyridine rings is 1. The van der Waals surface area contributed by atoms with Gasteiger partial charge < -0.3 is 10.6 Å². The van der Waals surface area contributed by atoms with Crippen LogP contribution >= 0.6 is 11.3 Å². The highest BCUT2D eigenvalue weighted by Gasteiger charge is 2.27. The monoisotopic (exact) mass is 313 g/mol. The molecule has 3 heterocycles. The van der Waals surface area contributed by atoms with Crippen LogP contribution in [0.2, 0.25) is 0 Å². The molecule has 0 unspecified atom stereocenters. The molecule has 0 saturated heterocycles. The Kier molecular flexibility index (Phi) is 3.54. The van der Waals surface area contributed by atoms with Crippen molar-refractivity contribution in [2.24, 2.45) is 0 Å². The lowest BCUT2D eigenvalue weighted by atomic mass is 9.95. The second-order valence-electron chi connectivity index (χ2n) is 5.22. The van der Waals surface area contributed by atoms with Gasteiger partial charge in [0.05, 0.1) is 15.6 Å². The Morgan fingerprint density at radius 2 is 2.32 bits per heavy atom. The summed E-state index contributed by atoms with van der Waals surface area (Å²) >= 11 is 1.51. The molecule has 0 radical (unpaired) electrons. The van der Waals surface area contributed by atoms with Gasteiger partial charge in [0, 0.05) is 43.8 Å². The molecule has 22 heavy (non-hydrogen) atoms. The number of hydrogen-bond donors (Lipinski definition) is 1. The number of fused-ring (bicyclic) bond motifs is 1. The van der Waals surface area contributed by atoms with Crippen LogP contribution in [0.25, 0.3) is 10.4 Å². The number of nitrogens with two attached hydrogens (primary N) is 1. The molecule has 3 rings (SSSR count). The summed E-state index contributed by atoms with van der Waals surface area (Å²) in [4.78, 5) is 23.0. The second kappa shape index (κ2) is 5.39. The van der Waals surface area contributed by atoms with Crippen LogP contribution in [0.5, 0.6) is 0 Å². The topological polar surface area (TPSA) is 95.9 Å². The summed E-state index contributed by atoms with van der Waals surface area (Å²) in [6.07, 6.45) is 2.40. The third-order valence-corrected chi connectivity index (χ3v) is 4.73. The third kappa shape index (κ3) is 2.31. The summed E-state index contributed by atoms with van der Waals surface area (Å²) in [5.41, 5.74) is 8.90. The maximum Gasteiger partial charge on any atom is 0.219 e. The Balaban J connectivity index is 2.24. The van der Waals surface area contributed by atoms with Crippen molar-refractivity contribution in [1.82, 2.24) is 14.9 Å². The number of nitrogens with zero attached hydrogens (tertiary/aromatic N) is 4. The molecule has 0 saturated carbocycles. The standard InChI is InChI=1S/C15H15N5OS/c1-8-18-6-13(22-8)14-10(5-16)15(17)19-12-3-4-20(9(2)21)7-11(12)14/h6H,3-4,7H2,1-2H3,(H2,17,19). The lowest BCUT2D eigenvalue weighted by Crippen LogP contribution is -2.35. The molecule has 1 amide bonds. The smallest absolute Gasteiger partial charge is 0.219 e. The predicted octanol–water partition coefficient (Wildman–Crippen LogP) is 1.87. The van der Waals surface area contributed by atoms with Gasteiger partial charge >= 0.3 is 0 Å². The third-order valence-electron chi connectivity index (χ3n) is 3.80. The summed E-state index contributed by atoms with van der Waals surface area (Å²) in [6.45, 7) is 4.55. The highest BCUT2D eigenvalue weighted by molar-refractivity contribution is 7.15. The number of aromatic nitrogens is 2. The van der Waals surface area contributed by atoms with Crippen LogP contribution in [0.1, 0.15) is 28.8 Å². The number of nitrogen functional groups attached to an aromatic ring is 1. The van der Waals surface area contributed by atoms with Gasteiger partial charge in [-0.05, 0) is 6.92 Å². The van der Waals surface area contributed by atoms with Crippen LogP contribution in [-0.4, -0.2) is 27.3 Å². The van der Waals surface area contributed by atoms with E-state index in [1.807, 2.05) is 6.92 Å². The molecule has 0 fully saturated rings. The molecule has 1 aliphatic rings. The van der Waals surface area contributed by atoms with Crippen molar-refractivity contribution in [3.05, 3.63) is 28.0 Å². The molecule has 0 bridgehead atoms. The summed E-state index contributed by atoms with van der Waals surface area (Å²) in [6, 6.07) is 2.15. The molecule has 1 aliphatic heterocycles. The first kappa shape index (κ1) is 14.5. The van der Waals surface area contributed by atoms with Crippen LogP contribution in [-0.2, 0) is 17.8 Å². The van der Waals surface area contributed by atoms with Crippen molar-refractivity contribution in [1.29, 1.82) is 5.26 Å². The fourth-order valence-electron chi connectivity index (χ4n) is 2.71. The fraction of sp³-hybridized carbons (Fsp3) is 0.333. The van der Waals surface area contributed by atoms with Crippen LogP contribution in [0.15, 0.2) is 6.20 Å². The molecular weight excluding hydrogens is 298 g/mol. The van der Waals surface area contributed by atoms with E-state index in [1.54, 1.807) is 18.0 Å². The largest absolute Gasteiger partial charge is 0.383 e. The molecule has 112 valence electrons. The van der Waals surface area contributed by atoms with E-state index in [0.29, 0.717) is 25.1 Å². The Morgan fingerprint density at radius 1 is 1.55 bits per heavy atom. The zero-order chi connectivity index (χ0) is 15.9. The molecule has 2 aromatic rings. The van der Waals surface area contributed by atoms with Gasteiger partial charge in [-0.1, -0.05) is 0 Å². The van der Waals surface area contributed by atoms with Crippen molar-refractivity contribution in [2.45, 2.75) is 26.8 Å². The number of aryl methyl sites for hydroxylation is 1. The van der Waals surface area contributed by atoms with Gasteiger partial charge in [-0.2, -0.15) is 5.26 Å². The zero-order valence-electron chi connectivity index (χ0n) is 12.4.